The molecule has 0 amide bonds. The van der Waals surface area contributed by atoms with E-state index < -0.39 is 0 Å². The molecule has 0 saturated heterocycles. The molecule has 1 aromatic carbocycles. The smallest absolute Gasteiger partial charge is 0.221 e. The molecule has 3 rings (SSSR count). The number of carbonyl (C=O) groups excluding carboxylic acids is 1. The van der Waals surface area contributed by atoms with Crippen LogP contribution in [0, 0.1) is 5.92 Å². The highest BCUT2D eigenvalue weighted by Gasteiger charge is 2.24. The number of para-hydroxylation sites is 1. The van der Waals surface area contributed by atoms with Gasteiger partial charge in [-0.05, 0) is 61.4 Å². The van der Waals surface area contributed by atoms with Crippen LogP contribution in [0.15, 0.2) is 36.5 Å². The predicted molar refractivity (Wildman–Crippen MR) is 83.6 cm³/mol. The van der Waals surface area contributed by atoms with Crippen molar-refractivity contribution in [2.45, 2.75) is 38.2 Å². The van der Waals surface area contributed by atoms with Crippen molar-refractivity contribution in [3.8, 4) is 5.75 Å². The number of benzene rings is 1. The summed E-state index contributed by atoms with van der Waals surface area (Å²) >= 11 is 5.47. The summed E-state index contributed by atoms with van der Waals surface area (Å²) in [5, 5.41) is 0.831. The van der Waals surface area contributed by atoms with Crippen LogP contribution in [0.4, 0.5) is 0 Å². The average Bonchev–Trinajstić information content (AvgIpc) is 2.49. The number of nitrogens with zero attached hydrogens (tertiary/aromatic N) is 1. The van der Waals surface area contributed by atoms with E-state index in [0.29, 0.717) is 12.3 Å². The lowest BCUT2D eigenvalue weighted by molar-refractivity contribution is -0.112. The van der Waals surface area contributed by atoms with Gasteiger partial charge in [0.25, 0.3) is 0 Å². The van der Waals surface area contributed by atoms with E-state index in [4.69, 9.17) is 16.3 Å². The van der Waals surface area contributed by atoms with Gasteiger partial charge in [-0.2, -0.15) is 0 Å². The summed E-state index contributed by atoms with van der Waals surface area (Å²) < 4.78 is 6.16. The van der Waals surface area contributed by atoms with Crippen LogP contribution in [0.2, 0.25) is 0 Å². The fourth-order valence-electron chi connectivity index (χ4n) is 3.03. The van der Waals surface area contributed by atoms with E-state index in [1.165, 1.54) is 0 Å². The standard InChI is InChI=1S/C17H18ClNO2/c18-17(20)11-12-5-7-13(8-6-12)21-16-9-10-19-15-4-2-1-3-14(15)16/h1-4,9-10,12-13H,5-8,11H2. The molecule has 0 N–H and O–H groups in total. The van der Waals surface area contributed by atoms with Crippen molar-refractivity contribution in [3.05, 3.63) is 36.5 Å². The van der Waals surface area contributed by atoms with Crippen molar-refractivity contribution in [1.29, 1.82) is 0 Å². The molecule has 0 spiro atoms. The Hall–Kier alpha value is -1.61. The van der Waals surface area contributed by atoms with E-state index in [-0.39, 0.29) is 11.3 Å². The summed E-state index contributed by atoms with van der Waals surface area (Å²) in [6.07, 6.45) is 6.47. The Morgan fingerprint density at radius 2 is 1.95 bits per heavy atom. The monoisotopic (exact) mass is 303 g/mol. The van der Waals surface area contributed by atoms with E-state index in [9.17, 15) is 4.79 Å². The maximum absolute atomic E-state index is 11.0. The number of pyridine rings is 1. The largest absolute Gasteiger partial charge is 0.490 e. The molecular weight excluding hydrogens is 286 g/mol. The minimum Gasteiger partial charge on any atom is -0.490 e. The second kappa shape index (κ2) is 6.44. The fraction of sp³-hybridized carbons (Fsp3) is 0.412. The van der Waals surface area contributed by atoms with Crippen molar-refractivity contribution in [1.82, 2.24) is 4.98 Å². The van der Waals surface area contributed by atoms with Crippen LogP contribution in [0.1, 0.15) is 32.1 Å². The van der Waals surface area contributed by atoms with Gasteiger partial charge in [0.05, 0.1) is 11.6 Å². The Labute approximate surface area is 129 Å². The molecule has 110 valence electrons. The minimum absolute atomic E-state index is 0.220. The Bertz CT molecular complexity index is 630. The summed E-state index contributed by atoms with van der Waals surface area (Å²) in [5.41, 5.74) is 0.955. The molecule has 1 aromatic heterocycles. The van der Waals surface area contributed by atoms with Gasteiger partial charge in [0, 0.05) is 18.0 Å². The van der Waals surface area contributed by atoms with Gasteiger partial charge in [-0.1, -0.05) is 12.1 Å². The maximum atomic E-state index is 11.0. The van der Waals surface area contributed by atoms with Gasteiger partial charge in [0.2, 0.25) is 5.24 Å². The summed E-state index contributed by atoms with van der Waals surface area (Å²) in [7, 11) is 0. The molecule has 3 nitrogen and oxygen atoms in total. The third-order valence-electron chi connectivity index (χ3n) is 4.15. The van der Waals surface area contributed by atoms with Crippen molar-refractivity contribution in [2.75, 3.05) is 0 Å². The number of fused-ring (bicyclic) bond motifs is 1. The van der Waals surface area contributed by atoms with Crippen molar-refractivity contribution < 1.29 is 9.53 Å². The van der Waals surface area contributed by atoms with Gasteiger partial charge in [-0.15, -0.1) is 0 Å². The number of carbonyl (C=O) groups is 1. The number of rotatable bonds is 4. The van der Waals surface area contributed by atoms with Crippen molar-refractivity contribution in [2.24, 2.45) is 5.92 Å². The molecule has 4 heteroatoms. The summed E-state index contributed by atoms with van der Waals surface area (Å²) in [6.45, 7) is 0. The quantitative estimate of drug-likeness (QED) is 0.789. The Kier molecular flexibility index (Phi) is 4.39. The molecule has 1 aliphatic rings. The first-order valence-corrected chi connectivity index (χ1v) is 7.79. The first-order chi connectivity index (χ1) is 10.2. The van der Waals surface area contributed by atoms with E-state index in [2.05, 4.69) is 4.98 Å². The molecule has 1 aliphatic carbocycles. The second-order valence-electron chi connectivity index (χ2n) is 5.65. The van der Waals surface area contributed by atoms with Crippen LogP contribution < -0.4 is 4.74 Å². The van der Waals surface area contributed by atoms with Gasteiger partial charge >= 0.3 is 0 Å². The topological polar surface area (TPSA) is 39.2 Å². The number of hydrogen-bond donors (Lipinski definition) is 0. The fourth-order valence-corrected chi connectivity index (χ4v) is 3.25. The minimum atomic E-state index is -0.223. The van der Waals surface area contributed by atoms with Gasteiger partial charge in [0.15, 0.2) is 0 Å². The highest BCUT2D eigenvalue weighted by molar-refractivity contribution is 6.63. The third-order valence-corrected chi connectivity index (χ3v) is 4.30. The van der Waals surface area contributed by atoms with E-state index in [1.807, 2.05) is 30.3 Å². The molecule has 0 atom stereocenters. The van der Waals surface area contributed by atoms with Crippen molar-refractivity contribution in [3.63, 3.8) is 0 Å². The first kappa shape index (κ1) is 14.3. The maximum Gasteiger partial charge on any atom is 0.221 e. The zero-order chi connectivity index (χ0) is 14.7. The average molecular weight is 304 g/mol. The van der Waals surface area contributed by atoms with E-state index in [1.54, 1.807) is 6.20 Å². The highest BCUT2D eigenvalue weighted by Crippen LogP contribution is 2.32. The molecule has 1 heterocycles. The number of aromatic nitrogens is 1. The third kappa shape index (κ3) is 3.53. The molecule has 1 saturated carbocycles. The lowest BCUT2D eigenvalue weighted by atomic mass is 9.85. The highest BCUT2D eigenvalue weighted by atomic mass is 35.5. The SMILES string of the molecule is O=C(Cl)CC1CCC(Oc2ccnc3ccccc23)CC1. The Morgan fingerprint density at radius 1 is 1.19 bits per heavy atom. The van der Waals surface area contributed by atoms with Crippen LogP contribution in [0.3, 0.4) is 0 Å². The van der Waals surface area contributed by atoms with Crippen LogP contribution in [-0.4, -0.2) is 16.3 Å². The van der Waals surface area contributed by atoms with E-state index in [0.717, 1.165) is 42.3 Å². The molecular formula is C17H18ClNO2. The van der Waals surface area contributed by atoms with Crippen LogP contribution in [0.25, 0.3) is 10.9 Å². The summed E-state index contributed by atoms with van der Waals surface area (Å²) in [4.78, 5) is 15.3. The lowest BCUT2D eigenvalue weighted by Crippen LogP contribution is -2.24. The Morgan fingerprint density at radius 3 is 2.71 bits per heavy atom. The number of halogens is 1. The van der Waals surface area contributed by atoms with Crippen molar-refractivity contribution >= 4 is 27.7 Å². The first-order valence-electron chi connectivity index (χ1n) is 7.41. The molecule has 2 aromatic rings. The molecule has 1 fully saturated rings. The van der Waals surface area contributed by atoms with Gasteiger partial charge in [-0.25, -0.2) is 0 Å². The zero-order valence-electron chi connectivity index (χ0n) is 11.8. The van der Waals surface area contributed by atoms with Crippen LogP contribution in [-0.2, 0) is 4.79 Å². The molecule has 0 aliphatic heterocycles. The molecule has 0 radical (unpaired) electrons. The van der Waals surface area contributed by atoms with E-state index >= 15 is 0 Å². The van der Waals surface area contributed by atoms with Gasteiger partial charge in [0.1, 0.15) is 5.75 Å². The molecule has 0 unspecified atom stereocenters. The lowest BCUT2D eigenvalue weighted by Gasteiger charge is -2.28. The summed E-state index contributed by atoms with van der Waals surface area (Å²) in [5.74, 6) is 1.32. The second-order valence-corrected chi connectivity index (χ2v) is 6.07. The van der Waals surface area contributed by atoms with Crippen LogP contribution in [0.5, 0.6) is 5.75 Å². The number of ether oxygens (including phenoxy) is 1. The van der Waals surface area contributed by atoms with Gasteiger partial charge < -0.3 is 4.74 Å². The summed E-state index contributed by atoms with van der Waals surface area (Å²) in [6, 6.07) is 9.94. The molecule has 21 heavy (non-hydrogen) atoms. The Balaban J connectivity index is 1.66. The predicted octanol–water partition coefficient (Wildman–Crippen LogP) is 4.33. The molecule has 0 bridgehead atoms. The normalized spacial score (nSPS) is 22.1. The number of hydrogen-bond acceptors (Lipinski definition) is 3. The van der Waals surface area contributed by atoms with Gasteiger partial charge in [-0.3, -0.25) is 9.78 Å². The van der Waals surface area contributed by atoms with Crippen LogP contribution >= 0.6 is 11.6 Å². The zero-order valence-corrected chi connectivity index (χ0v) is 12.6.